The summed E-state index contributed by atoms with van der Waals surface area (Å²) in [5.41, 5.74) is 6.22. The van der Waals surface area contributed by atoms with Gasteiger partial charge in [0.05, 0.1) is 13.2 Å². The van der Waals surface area contributed by atoms with Gasteiger partial charge in [0.15, 0.2) is 0 Å². The molecule has 0 spiro atoms. The number of rotatable bonds is 14. The second-order valence-corrected chi connectivity index (χ2v) is 8.90. The number of hydrogen-bond donors (Lipinski definition) is 0. The molecule has 3 rings (SSSR count). The monoisotopic (exact) mass is 444 g/mol. The molecule has 0 aliphatic heterocycles. The quantitative estimate of drug-likeness (QED) is 0.231. The van der Waals surface area contributed by atoms with Crippen LogP contribution in [0.1, 0.15) is 70.8 Å². The Morgan fingerprint density at radius 2 is 1.00 bits per heavy atom. The van der Waals surface area contributed by atoms with Crippen molar-refractivity contribution in [2.24, 2.45) is 0 Å². The molecular weight excluding hydrogens is 404 g/mol. The molecule has 0 aliphatic carbocycles. The Morgan fingerprint density at radius 1 is 0.515 bits per heavy atom. The van der Waals surface area contributed by atoms with Gasteiger partial charge in [0, 0.05) is 0 Å². The van der Waals surface area contributed by atoms with Crippen molar-refractivity contribution in [2.45, 2.75) is 72.1 Å². The lowest BCUT2D eigenvalue weighted by atomic mass is 9.96. The molecule has 0 atom stereocenters. The van der Waals surface area contributed by atoms with Crippen molar-refractivity contribution in [2.75, 3.05) is 13.2 Å². The van der Waals surface area contributed by atoms with Gasteiger partial charge in [0.2, 0.25) is 0 Å². The maximum absolute atomic E-state index is 5.89. The average Bonchev–Trinajstić information content (AvgIpc) is 2.85. The van der Waals surface area contributed by atoms with Crippen molar-refractivity contribution in [1.82, 2.24) is 0 Å². The van der Waals surface area contributed by atoms with E-state index in [1.54, 1.807) is 0 Å². The van der Waals surface area contributed by atoms with Gasteiger partial charge >= 0.3 is 0 Å². The van der Waals surface area contributed by atoms with Crippen molar-refractivity contribution >= 4 is 0 Å². The highest BCUT2D eigenvalue weighted by atomic mass is 16.5. The highest BCUT2D eigenvalue weighted by molar-refractivity contribution is 5.74. The number of hydrogen-bond acceptors (Lipinski definition) is 2. The Bertz CT molecular complexity index is 942. The number of unbranched alkanes of at least 4 members (excludes halogenated alkanes) is 6. The second-order valence-electron chi connectivity index (χ2n) is 8.90. The molecule has 176 valence electrons. The topological polar surface area (TPSA) is 18.5 Å². The van der Waals surface area contributed by atoms with Crippen LogP contribution in [0.25, 0.3) is 22.3 Å². The highest BCUT2D eigenvalue weighted by Crippen LogP contribution is 2.30. The van der Waals surface area contributed by atoms with Gasteiger partial charge < -0.3 is 9.47 Å². The lowest BCUT2D eigenvalue weighted by molar-refractivity contribution is 0.305. The molecule has 0 unspecified atom stereocenters. The first-order valence-electron chi connectivity index (χ1n) is 12.8. The van der Waals surface area contributed by atoms with Gasteiger partial charge in [0.1, 0.15) is 11.5 Å². The molecule has 0 aliphatic rings. The van der Waals surface area contributed by atoms with Crippen molar-refractivity contribution in [3.05, 3.63) is 72.3 Å². The summed E-state index contributed by atoms with van der Waals surface area (Å²) >= 11 is 0. The first kappa shape index (κ1) is 24.9. The third kappa shape index (κ3) is 7.96. The number of ether oxygens (including phenoxy) is 2. The zero-order valence-electron chi connectivity index (χ0n) is 20.7. The zero-order valence-corrected chi connectivity index (χ0v) is 20.7. The molecule has 3 aromatic rings. The second kappa shape index (κ2) is 13.7. The maximum atomic E-state index is 5.89. The molecule has 0 saturated heterocycles. The standard InChI is InChI=1S/C31H40O2/c1-4-6-8-10-22-32-29-17-12-26(13-18-29)28-16-21-31(25(3)24-28)27-14-19-30(20-15-27)33-23-11-9-7-5-2/h12-21,24H,4-11,22-23H2,1-3H3. The molecule has 33 heavy (non-hydrogen) atoms. The van der Waals surface area contributed by atoms with Crippen LogP contribution in [0, 0.1) is 6.92 Å². The van der Waals surface area contributed by atoms with E-state index < -0.39 is 0 Å². The largest absolute Gasteiger partial charge is 0.494 e. The van der Waals surface area contributed by atoms with Gasteiger partial charge in [-0.15, -0.1) is 0 Å². The summed E-state index contributed by atoms with van der Waals surface area (Å²) in [5.74, 6) is 1.91. The summed E-state index contributed by atoms with van der Waals surface area (Å²) in [6.07, 6.45) is 9.83. The molecule has 0 heterocycles. The summed E-state index contributed by atoms with van der Waals surface area (Å²) in [5, 5.41) is 0. The first-order valence-corrected chi connectivity index (χ1v) is 12.8. The van der Waals surface area contributed by atoms with Crippen molar-refractivity contribution < 1.29 is 9.47 Å². The lowest BCUT2D eigenvalue weighted by Gasteiger charge is -2.11. The Balaban J connectivity index is 1.57. The maximum Gasteiger partial charge on any atom is 0.119 e. The van der Waals surface area contributed by atoms with Gasteiger partial charge in [0.25, 0.3) is 0 Å². The molecule has 0 saturated carbocycles. The van der Waals surface area contributed by atoms with E-state index >= 15 is 0 Å². The Labute approximate surface area is 201 Å². The summed E-state index contributed by atoms with van der Waals surface area (Å²) in [6.45, 7) is 8.25. The fourth-order valence-corrected chi connectivity index (χ4v) is 4.08. The van der Waals surface area contributed by atoms with Crippen LogP contribution in [0.5, 0.6) is 11.5 Å². The Kier molecular flexibility index (Phi) is 10.4. The van der Waals surface area contributed by atoms with E-state index in [1.807, 2.05) is 0 Å². The minimum Gasteiger partial charge on any atom is -0.494 e. The van der Waals surface area contributed by atoms with E-state index in [-0.39, 0.29) is 0 Å². The first-order chi connectivity index (χ1) is 16.2. The van der Waals surface area contributed by atoms with Crippen LogP contribution in [0.2, 0.25) is 0 Å². The minimum absolute atomic E-state index is 0.801. The predicted octanol–water partition coefficient (Wildman–Crippen LogP) is 9.25. The summed E-state index contributed by atoms with van der Waals surface area (Å²) in [6, 6.07) is 23.7. The summed E-state index contributed by atoms with van der Waals surface area (Å²) in [7, 11) is 0. The number of aryl methyl sites for hydroxylation is 1. The zero-order chi connectivity index (χ0) is 23.3. The predicted molar refractivity (Wildman–Crippen MR) is 141 cm³/mol. The van der Waals surface area contributed by atoms with Crippen LogP contribution in [-0.4, -0.2) is 13.2 Å². The molecule has 2 heteroatoms. The fourth-order valence-electron chi connectivity index (χ4n) is 4.08. The number of benzene rings is 3. The van der Waals surface area contributed by atoms with Crippen LogP contribution >= 0.6 is 0 Å². The van der Waals surface area contributed by atoms with E-state index in [0.29, 0.717) is 0 Å². The molecule has 3 aromatic carbocycles. The van der Waals surface area contributed by atoms with Crippen LogP contribution in [-0.2, 0) is 0 Å². The van der Waals surface area contributed by atoms with E-state index in [4.69, 9.17) is 9.47 Å². The third-order valence-corrected chi connectivity index (χ3v) is 6.11. The van der Waals surface area contributed by atoms with Crippen molar-refractivity contribution in [1.29, 1.82) is 0 Å². The van der Waals surface area contributed by atoms with Gasteiger partial charge in [-0.25, -0.2) is 0 Å². The summed E-state index contributed by atoms with van der Waals surface area (Å²) in [4.78, 5) is 0. The highest BCUT2D eigenvalue weighted by Gasteiger charge is 2.06. The van der Waals surface area contributed by atoms with Gasteiger partial charge in [-0.3, -0.25) is 0 Å². The van der Waals surface area contributed by atoms with E-state index in [9.17, 15) is 0 Å². The van der Waals surface area contributed by atoms with Crippen molar-refractivity contribution in [3.8, 4) is 33.8 Å². The molecule has 0 radical (unpaired) electrons. The van der Waals surface area contributed by atoms with Crippen molar-refractivity contribution in [3.63, 3.8) is 0 Å². The van der Waals surface area contributed by atoms with Gasteiger partial charge in [-0.05, 0) is 71.8 Å². The molecular formula is C31H40O2. The van der Waals surface area contributed by atoms with Crippen LogP contribution < -0.4 is 9.47 Å². The molecule has 0 aromatic heterocycles. The van der Waals surface area contributed by atoms with Gasteiger partial charge in [-0.2, -0.15) is 0 Å². The minimum atomic E-state index is 0.801. The third-order valence-electron chi connectivity index (χ3n) is 6.11. The smallest absolute Gasteiger partial charge is 0.119 e. The molecule has 0 amide bonds. The molecule has 0 fully saturated rings. The van der Waals surface area contributed by atoms with E-state index in [1.165, 1.54) is 66.3 Å². The normalized spacial score (nSPS) is 10.9. The molecule has 2 nitrogen and oxygen atoms in total. The average molecular weight is 445 g/mol. The van der Waals surface area contributed by atoms with Crippen LogP contribution in [0.3, 0.4) is 0 Å². The SMILES string of the molecule is CCCCCCOc1ccc(-c2ccc(-c3ccc(OCCCCCC)cc3)c(C)c2)cc1. The fraction of sp³-hybridized carbons (Fsp3) is 0.419. The Morgan fingerprint density at radius 3 is 1.48 bits per heavy atom. The molecule has 0 bridgehead atoms. The van der Waals surface area contributed by atoms with E-state index in [2.05, 4.69) is 87.5 Å². The lowest BCUT2D eigenvalue weighted by Crippen LogP contribution is -1.97. The summed E-state index contributed by atoms with van der Waals surface area (Å²) < 4.78 is 11.8. The van der Waals surface area contributed by atoms with E-state index in [0.717, 1.165) is 37.6 Å². The van der Waals surface area contributed by atoms with Crippen LogP contribution in [0.4, 0.5) is 0 Å². The van der Waals surface area contributed by atoms with Gasteiger partial charge in [-0.1, -0.05) is 94.8 Å². The Hall–Kier alpha value is -2.74. The molecule has 0 N–H and O–H groups in total. The van der Waals surface area contributed by atoms with Crippen LogP contribution in [0.15, 0.2) is 66.7 Å².